The van der Waals surface area contributed by atoms with Crippen molar-refractivity contribution in [2.75, 3.05) is 18.2 Å². The van der Waals surface area contributed by atoms with Gasteiger partial charge in [-0.05, 0) is 43.4 Å². The molecule has 1 aromatic carbocycles. The fraction of sp³-hybridized carbons (Fsp3) is 0.417. The molecule has 0 radical (unpaired) electrons. The van der Waals surface area contributed by atoms with Gasteiger partial charge < -0.3 is 10.7 Å². The molecule has 0 saturated heterocycles. The maximum atomic E-state index is 11.9. The molecule has 0 aromatic heterocycles. The minimum absolute atomic E-state index is 0.0195. The van der Waals surface area contributed by atoms with Crippen LogP contribution in [0.1, 0.15) is 23.2 Å². The summed E-state index contributed by atoms with van der Waals surface area (Å²) in [5.74, 6) is 5.25. The zero-order valence-corrected chi connectivity index (χ0v) is 10.6. The number of benzene rings is 1. The number of hydrogen-bond donors (Lipinski definition) is 3. The Labute approximate surface area is 105 Å². The number of carbonyl (C=O) groups is 1. The summed E-state index contributed by atoms with van der Waals surface area (Å²) in [4.78, 5) is 11.9. The first-order valence-electron chi connectivity index (χ1n) is 5.59. The van der Waals surface area contributed by atoms with E-state index < -0.39 is 0 Å². The molecule has 1 aromatic rings. The molecule has 0 aliphatic heterocycles. The van der Waals surface area contributed by atoms with Gasteiger partial charge in [-0.1, -0.05) is 0 Å². The highest BCUT2D eigenvalue weighted by molar-refractivity contribution is 8.00. The van der Waals surface area contributed by atoms with Gasteiger partial charge in [0.05, 0.1) is 0 Å². The van der Waals surface area contributed by atoms with Gasteiger partial charge in [-0.25, -0.2) is 0 Å². The van der Waals surface area contributed by atoms with E-state index in [1.807, 2.05) is 11.8 Å². The smallest absolute Gasteiger partial charge is 0.251 e. The molecule has 0 atom stereocenters. The highest BCUT2D eigenvalue weighted by Crippen LogP contribution is 2.46. The molecular formula is C12H17N3OS. The maximum absolute atomic E-state index is 11.9. The first kappa shape index (κ1) is 12.3. The lowest BCUT2D eigenvalue weighted by molar-refractivity contribution is 0.0953. The van der Waals surface area contributed by atoms with E-state index >= 15 is 0 Å². The van der Waals surface area contributed by atoms with E-state index in [4.69, 9.17) is 5.84 Å². The molecule has 5 heteroatoms. The standard InChI is InChI=1S/C12H17N3OS/c1-17-12(6-7-12)8-14-11(16)9-2-4-10(15-13)5-3-9/h2-5,15H,6-8,13H2,1H3,(H,14,16). The zero-order valence-electron chi connectivity index (χ0n) is 9.82. The summed E-state index contributed by atoms with van der Waals surface area (Å²) in [5.41, 5.74) is 4.00. The van der Waals surface area contributed by atoms with E-state index in [9.17, 15) is 4.79 Å². The van der Waals surface area contributed by atoms with Crippen molar-refractivity contribution in [2.24, 2.45) is 5.84 Å². The average Bonchev–Trinajstić information content (AvgIpc) is 3.17. The van der Waals surface area contributed by atoms with Crippen LogP contribution in [0.25, 0.3) is 0 Å². The largest absolute Gasteiger partial charge is 0.351 e. The van der Waals surface area contributed by atoms with Crippen molar-refractivity contribution >= 4 is 23.4 Å². The van der Waals surface area contributed by atoms with Crippen LogP contribution < -0.4 is 16.6 Å². The molecular weight excluding hydrogens is 234 g/mol. The second-order valence-corrected chi connectivity index (χ2v) is 5.57. The Morgan fingerprint density at radius 2 is 2.06 bits per heavy atom. The van der Waals surface area contributed by atoms with Crippen LogP contribution in [0.15, 0.2) is 24.3 Å². The van der Waals surface area contributed by atoms with E-state index in [1.54, 1.807) is 24.3 Å². The van der Waals surface area contributed by atoms with Crippen LogP contribution >= 0.6 is 11.8 Å². The lowest BCUT2D eigenvalue weighted by atomic mass is 10.2. The molecule has 0 bridgehead atoms. The number of hydrogen-bond acceptors (Lipinski definition) is 4. The maximum Gasteiger partial charge on any atom is 0.251 e. The number of rotatable bonds is 5. The molecule has 92 valence electrons. The lowest BCUT2D eigenvalue weighted by Crippen LogP contribution is -2.31. The summed E-state index contributed by atoms with van der Waals surface area (Å²) < 4.78 is 0.300. The summed E-state index contributed by atoms with van der Waals surface area (Å²) in [5, 5.41) is 2.98. The molecule has 1 saturated carbocycles. The van der Waals surface area contributed by atoms with Gasteiger partial charge in [0.25, 0.3) is 5.91 Å². The normalized spacial score (nSPS) is 16.4. The minimum Gasteiger partial charge on any atom is -0.351 e. The van der Waals surface area contributed by atoms with Gasteiger partial charge in [-0.2, -0.15) is 11.8 Å². The van der Waals surface area contributed by atoms with Crippen LogP contribution in [-0.4, -0.2) is 23.5 Å². The van der Waals surface area contributed by atoms with E-state index in [1.165, 1.54) is 12.8 Å². The highest BCUT2D eigenvalue weighted by atomic mass is 32.2. The molecule has 2 rings (SSSR count). The summed E-state index contributed by atoms with van der Waals surface area (Å²) in [7, 11) is 0. The van der Waals surface area contributed by atoms with Gasteiger partial charge in [0.2, 0.25) is 0 Å². The van der Waals surface area contributed by atoms with Gasteiger partial charge in [0, 0.05) is 22.5 Å². The molecule has 1 fully saturated rings. The van der Waals surface area contributed by atoms with Crippen molar-refractivity contribution in [1.82, 2.24) is 5.32 Å². The van der Waals surface area contributed by atoms with Gasteiger partial charge in [-0.15, -0.1) is 0 Å². The van der Waals surface area contributed by atoms with Crippen molar-refractivity contribution in [1.29, 1.82) is 0 Å². The minimum atomic E-state index is -0.0195. The number of amides is 1. The first-order chi connectivity index (χ1) is 8.19. The molecule has 0 heterocycles. The SMILES string of the molecule is CSC1(CNC(=O)c2ccc(NN)cc2)CC1. The quantitative estimate of drug-likeness (QED) is 0.549. The van der Waals surface area contributed by atoms with E-state index in [0.717, 1.165) is 12.2 Å². The molecule has 1 aliphatic rings. The molecule has 4 N–H and O–H groups in total. The third-order valence-electron chi connectivity index (χ3n) is 3.13. The van der Waals surface area contributed by atoms with Gasteiger partial charge in [0.1, 0.15) is 0 Å². The van der Waals surface area contributed by atoms with Crippen LogP contribution in [-0.2, 0) is 0 Å². The van der Waals surface area contributed by atoms with Crippen LogP contribution in [0, 0.1) is 0 Å². The monoisotopic (exact) mass is 251 g/mol. The Morgan fingerprint density at radius 1 is 1.41 bits per heavy atom. The predicted molar refractivity (Wildman–Crippen MR) is 72.1 cm³/mol. The van der Waals surface area contributed by atoms with Gasteiger partial charge in [0.15, 0.2) is 0 Å². The second-order valence-electron chi connectivity index (χ2n) is 4.29. The van der Waals surface area contributed by atoms with Crippen molar-refractivity contribution < 1.29 is 4.79 Å². The summed E-state index contributed by atoms with van der Waals surface area (Å²) >= 11 is 1.84. The Balaban J connectivity index is 1.90. The fourth-order valence-electron chi connectivity index (χ4n) is 1.65. The van der Waals surface area contributed by atoms with E-state index in [2.05, 4.69) is 17.0 Å². The summed E-state index contributed by atoms with van der Waals surface area (Å²) in [6.45, 7) is 0.754. The molecule has 0 spiro atoms. The van der Waals surface area contributed by atoms with E-state index in [0.29, 0.717) is 10.3 Å². The lowest BCUT2D eigenvalue weighted by Gasteiger charge is -2.13. The van der Waals surface area contributed by atoms with Crippen molar-refractivity contribution in [3.05, 3.63) is 29.8 Å². The third kappa shape index (κ3) is 2.92. The summed E-state index contributed by atoms with van der Waals surface area (Å²) in [6.07, 6.45) is 4.50. The molecule has 0 unspecified atom stereocenters. The van der Waals surface area contributed by atoms with Crippen molar-refractivity contribution in [2.45, 2.75) is 17.6 Å². The molecule has 1 aliphatic carbocycles. The number of thioether (sulfide) groups is 1. The Bertz CT molecular complexity index is 401. The number of nitrogens with one attached hydrogen (secondary N) is 2. The number of anilines is 1. The topological polar surface area (TPSA) is 67.2 Å². The van der Waals surface area contributed by atoms with Crippen LogP contribution in [0.2, 0.25) is 0 Å². The molecule has 17 heavy (non-hydrogen) atoms. The Morgan fingerprint density at radius 3 is 2.53 bits per heavy atom. The average molecular weight is 251 g/mol. The number of hydrazine groups is 1. The first-order valence-corrected chi connectivity index (χ1v) is 6.82. The number of carbonyl (C=O) groups excluding carboxylic acids is 1. The highest BCUT2D eigenvalue weighted by Gasteiger charge is 2.41. The molecule has 1 amide bonds. The number of nitrogen functional groups attached to an aromatic ring is 1. The van der Waals surface area contributed by atoms with Gasteiger partial charge >= 0.3 is 0 Å². The number of nitrogens with two attached hydrogens (primary N) is 1. The van der Waals surface area contributed by atoms with Crippen LogP contribution in [0.4, 0.5) is 5.69 Å². The fourth-order valence-corrected chi connectivity index (χ4v) is 2.38. The van der Waals surface area contributed by atoms with Crippen molar-refractivity contribution in [3.63, 3.8) is 0 Å². The van der Waals surface area contributed by atoms with E-state index in [-0.39, 0.29) is 5.91 Å². The second kappa shape index (κ2) is 4.98. The third-order valence-corrected chi connectivity index (χ3v) is 4.54. The molecule has 4 nitrogen and oxygen atoms in total. The van der Waals surface area contributed by atoms with Crippen molar-refractivity contribution in [3.8, 4) is 0 Å². The predicted octanol–water partition coefficient (Wildman–Crippen LogP) is 1.60. The summed E-state index contributed by atoms with van der Waals surface area (Å²) in [6, 6.07) is 7.11. The van der Waals surface area contributed by atoms with Crippen LogP contribution in [0.3, 0.4) is 0 Å². The van der Waals surface area contributed by atoms with Crippen LogP contribution in [0.5, 0.6) is 0 Å². The van der Waals surface area contributed by atoms with Gasteiger partial charge in [-0.3, -0.25) is 10.6 Å². The Hall–Kier alpha value is -1.20. The zero-order chi connectivity index (χ0) is 12.3. The Kier molecular flexibility index (Phi) is 3.59.